The summed E-state index contributed by atoms with van der Waals surface area (Å²) in [5.41, 5.74) is 1.76. The highest BCUT2D eigenvalue weighted by Crippen LogP contribution is 2.36. The number of benzene rings is 1. The van der Waals surface area contributed by atoms with E-state index in [1.807, 2.05) is 4.90 Å². The van der Waals surface area contributed by atoms with Gasteiger partial charge in [-0.1, -0.05) is 0 Å². The molecule has 9 nitrogen and oxygen atoms in total. The van der Waals surface area contributed by atoms with E-state index < -0.39 is 16.7 Å². The number of nitro benzene ring substituents is 1. The number of hydrogen-bond donors (Lipinski definition) is 2. The molecule has 2 N–H and O–H groups in total. The zero-order chi connectivity index (χ0) is 18.8. The number of aliphatic hydroxyl groups excluding tert-OH is 1. The van der Waals surface area contributed by atoms with Gasteiger partial charge < -0.3 is 15.3 Å². The van der Waals surface area contributed by atoms with Crippen molar-refractivity contribution >= 4 is 28.9 Å². The molecule has 0 radical (unpaired) electrons. The quantitative estimate of drug-likeness (QED) is 0.444. The van der Waals surface area contributed by atoms with Gasteiger partial charge in [0.25, 0.3) is 17.5 Å². The first-order valence-corrected chi connectivity index (χ1v) is 8.41. The lowest BCUT2D eigenvalue weighted by Gasteiger charge is -2.20. The number of nitrogens with zero attached hydrogens (tertiary/aromatic N) is 3. The van der Waals surface area contributed by atoms with Crippen LogP contribution in [0.2, 0.25) is 0 Å². The van der Waals surface area contributed by atoms with Gasteiger partial charge in [-0.2, -0.15) is 0 Å². The van der Waals surface area contributed by atoms with E-state index in [1.165, 1.54) is 12.1 Å². The van der Waals surface area contributed by atoms with Crippen molar-refractivity contribution in [2.75, 3.05) is 36.5 Å². The summed E-state index contributed by atoms with van der Waals surface area (Å²) in [6, 6.07) is 3.13. The molecule has 0 bridgehead atoms. The van der Waals surface area contributed by atoms with Crippen molar-refractivity contribution in [3.63, 3.8) is 0 Å². The molecule has 2 heterocycles. The third-order valence-electron chi connectivity index (χ3n) is 4.57. The summed E-state index contributed by atoms with van der Waals surface area (Å²) in [6.07, 6.45) is 3.12. The fourth-order valence-electron chi connectivity index (χ4n) is 3.23. The Balaban J connectivity index is 1.92. The van der Waals surface area contributed by atoms with Gasteiger partial charge in [0.15, 0.2) is 0 Å². The predicted molar refractivity (Wildman–Crippen MR) is 94.8 cm³/mol. The molecule has 1 fully saturated rings. The van der Waals surface area contributed by atoms with Crippen LogP contribution in [0.1, 0.15) is 18.4 Å². The summed E-state index contributed by atoms with van der Waals surface area (Å²) in [5.74, 6) is -1.02. The standard InChI is InChI=1S/C17H20N4O5/c1-11-8-15(21(25)26)14(19-4-2-3-5-19)9-12(11)18-13-10-16(23)20(6-7-22)17(13)24/h8-10,18,22H,2-7H2,1H3. The van der Waals surface area contributed by atoms with Crippen LogP contribution in [0.4, 0.5) is 17.1 Å². The SMILES string of the molecule is Cc1cc([N+](=O)[O-])c(N2CCCC2)cc1NC1=CC(=O)N(CCO)C1=O. The lowest BCUT2D eigenvalue weighted by Crippen LogP contribution is -2.34. The van der Waals surface area contributed by atoms with E-state index in [4.69, 9.17) is 5.11 Å². The van der Waals surface area contributed by atoms with Crippen molar-refractivity contribution in [2.45, 2.75) is 19.8 Å². The Bertz CT molecular complexity index is 799. The highest BCUT2D eigenvalue weighted by molar-refractivity contribution is 6.17. The van der Waals surface area contributed by atoms with Gasteiger partial charge >= 0.3 is 0 Å². The number of β-amino-alcohol motifs (C(OH)–C–C–N with tert-alkyl or cyclic N) is 1. The Morgan fingerprint density at radius 3 is 2.58 bits per heavy atom. The Hall–Kier alpha value is -2.94. The molecule has 0 saturated carbocycles. The van der Waals surface area contributed by atoms with Gasteiger partial charge in [0.05, 0.1) is 18.1 Å². The molecular formula is C17H20N4O5. The molecule has 1 saturated heterocycles. The van der Waals surface area contributed by atoms with Gasteiger partial charge in [0, 0.05) is 30.9 Å². The van der Waals surface area contributed by atoms with Crippen molar-refractivity contribution in [3.05, 3.63) is 39.6 Å². The van der Waals surface area contributed by atoms with Crippen LogP contribution in [-0.2, 0) is 9.59 Å². The highest BCUT2D eigenvalue weighted by Gasteiger charge is 2.31. The van der Waals surface area contributed by atoms with Crippen molar-refractivity contribution in [1.29, 1.82) is 0 Å². The number of rotatable bonds is 6. The molecule has 9 heteroatoms. The molecule has 0 aromatic heterocycles. The summed E-state index contributed by atoms with van der Waals surface area (Å²) in [6.45, 7) is 2.81. The minimum atomic E-state index is -0.524. The number of anilines is 2. The monoisotopic (exact) mass is 360 g/mol. The van der Waals surface area contributed by atoms with Gasteiger partial charge in [-0.05, 0) is 31.4 Å². The molecule has 0 spiro atoms. The number of hydrogen-bond acceptors (Lipinski definition) is 7. The van der Waals surface area contributed by atoms with Gasteiger partial charge in [-0.15, -0.1) is 0 Å². The molecule has 1 aromatic rings. The van der Waals surface area contributed by atoms with Crippen molar-refractivity contribution in [2.24, 2.45) is 0 Å². The third kappa shape index (κ3) is 3.25. The van der Waals surface area contributed by atoms with Crippen molar-refractivity contribution < 1.29 is 19.6 Å². The Labute approximate surface area is 150 Å². The summed E-state index contributed by atoms with van der Waals surface area (Å²) < 4.78 is 0. The predicted octanol–water partition coefficient (Wildman–Crippen LogP) is 1.16. The van der Waals surface area contributed by atoms with E-state index in [-0.39, 0.29) is 24.5 Å². The fourth-order valence-corrected chi connectivity index (χ4v) is 3.23. The van der Waals surface area contributed by atoms with Crippen LogP contribution in [0.5, 0.6) is 0 Å². The average molecular weight is 360 g/mol. The number of carbonyl (C=O) groups is 2. The first-order valence-electron chi connectivity index (χ1n) is 8.41. The summed E-state index contributed by atoms with van der Waals surface area (Å²) >= 11 is 0. The zero-order valence-electron chi connectivity index (χ0n) is 14.4. The van der Waals surface area contributed by atoms with E-state index in [1.54, 1.807) is 13.0 Å². The van der Waals surface area contributed by atoms with Crippen molar-refractivity contribution in [1.82, 2.24) is 4.90 Å². The summed E-state index contributed by atoms with van der Waals surface area (Å²) in [5, 5.41) is 23.3. The number of nitro groups is 1. The van der Waals surface area contributed by atoms with Gasteiger partial charge in [0.2, 0.25) is 0 Å². The maximum absolute atomic E-state index is 12.3. The van der Waals surface area contributed by atoms with E-state index in [2.05, 4.69) is 5.32 Å². The molecule has 3 rings (SSSR count). The number of aryl methyl sites for hydroxylation is 1. The minimum absolute atomic E-state index is 0.0275. The van der Waals surface area contributed by atoms with Gasteiger partial charge in [-0.3, -0.25) is 24.6 Å². The number of imide groups is 1. The molecule has 0 unspecified atom stereocenters. The van der Waals surface area contributed by atoms with Crippen LogP contribution < -0.4 is 10.2 Å². The maximum atomic E-state index is 12.3. The molecule has 138 valence electrons. The minimum Gasteiger partial charge on any atom is -0.395 e. The Kier molecular flexibility index (Phi) is 4.90. The van der Waals surface area contributed by atoms with Gasteiger partial charge in [-0.25, -0.2) is 0 Å². The second-order valence-corrected chi connectivity index (χ2v) is 6.31. The van der Waals surface area contributed by atoms with Crippen LogP contribution >= 0.6 is 0 Å². The number of aliphatic hydroxyl groups is 1. The highest BCUT2D eigenvalue weighted by atomic mass is 16.6. The van der Waals surface area contributed by atoms with E-state index in [0.717, 1.165) is 30.8 Å². The Morgan fingerprint density at radius 1 is 1.27 bits per heavy atom. The maximum Gasteiger partial charge on any atom is 0.292 e. The van der Waals surface area contributed by atoms with Crippen LogP contribution in [0.3, 0.4) is 0 Å². The molecule has 26 heavy (non-hydrogen) atoms. The summed E-state index contributed by atoms with van der Waals surface area (Å²) in [7, 11) is 0. The number of nitrogens with one attached hydrogen (secondary N) is 1. The van der Waals surface area contributed by atoms with Crippen molar-refractivity contribution in [3.8, 4) is 0 Å². The molecule has 2 aliphatic heterocycles. The third-order valence-corrected chi connectivity index (χ3v) is 4.57. The van der Waals surface area contributed by atoms with Gasteiger partial charge in [0.1, 0.15) is 11.4 Å². The van der Waals surface area contributed by atoms with Crippen LogP contribution in [-0.4, -0.2) is 53.0 Å². The zero-order valence-corrected chi connectivity index (χ0v) is 14.4. The first kappa shape index (κ1) is 17.9. The number of amides is 2. The molecule has 1 aromatic carbocycles. The van der Waals surface area contributed by atoms with Crippen LogP contribution in [0, 0.1) is 17.0 Å². The van der Waals surface area contributed by atoms with Crippen LogP contribution in [0.25, 0.3) is 0 Å². The second kappa shape index (κ2) is 7.12. The molecule has 2 aliphatic rings. The van der Waals surface area contributed by atoms with Crippen LogP contribution in [0.15, 0.2) is 23.9 Å². The first-order chi connectivity index (χ1) is 12.4. The smallest absolute Gasteiger partial charge is 0.292 e. The largest absolute Gasteiger partial charge is 0.395 e. The van der Waals surface area contributed by atoms with E-state index in [0.29, 0.717) is 16.9 Å². The molecule has 0 atom stereocenters. The summed E-state index contributed by atoms with van der Waals surface area (Å²) in [4.78, 5) is 38.1. The Morgan fingerprint density at radius 2 is 1.96 bits per heavy atom. The molecule has 0 aliphatic carbocycles. The topological polar surface area (TPSA) is 116 Å². The van der Waals surface area contributed by atoms with E-state index >= 15 is 0 Å². The normalized spacial score (nSPS) is 17.1. The average Bonchev–Trinajstić information content (AvgIpc) is 3.21. The molecular weight excluding hydrogens is 340 g/mol. The lowest BCUT2D eigenvalue weighted by atomic mass is 10.1. The number of carbonyl (C=O) groups excluding carboxylic acids is 2. The second-order valence-electron chi connectivity index (χ2n) is 6.31. The van der Waals surface area contributed by atoms with E-state index in [9.17, 15) is 19.7 Å². The lowest BCUT2D eigenvalue weighted by molar-refractivity contribution is -0.384. The fraction of sp³-hybridized carbons (Fsp3) is 0.412. The molecule has 2 amide bonds.